The predicted octanol–water partition coefficient (Wildman–Crippen LogP) is 1.94. The van der Waals surface area contributed by atoms with Crippen molar-refractivity contribution in [2.24, 2.45) is 5.92 Å². The van der Waals surface area contributed by atoms with Crippen molar-refractivity contribution in [3.63, 3.8) is 0 Å². The van der Waals surface area contributed by atoms with Crippen LogP contribution in [-0.2, 0) is 0 Å². The van der Waals surface area contributed by atoms with Crippen LogP contribution in [0.3, 0.4) is 0 Å². The highest BCUT2D eigenvalue weighted by Crippen LogP contribution is 2.20. The fraction of sp³-hybridized carbons (Fsp3) is 0.364. The maximum atomic E-state index is 11.8. The molecular weight excluding hydrogens is 247 g/mol. The summed E-state index contributed by atoms with van der Waals surface area (Å²) in [4.78, 5) is 11.8. The highest BCUT2D eigenvalue weighted by molar-refractivity contribution is 6.36. The molecule has 1 heterocycles. The van der Waals surface area contributed by atoms with Crippen molar-refractivity contribution in [2.75, 3.05) is 19.6 Å². The summed E-state index contributed by atoms with van der Waals surface area (Å²) >= 11 is 11.7. The van der Waals surface area contributed by atoms with E-state index in [1.165, 1.54) is 0 Å². The van der Waals surface area contributed by atoms with Gasteiger partial charge in [0.2, 0.25) is 0 Å². The molecule has 86 valence electrons. The first-order chi connectivity index (χ1) is 7.66. The van der Waals surface area contributed by atoms with E-state index in [1.54, 1.807) is 18.2 Å². The molecular formula is C11H12Cl2N2O. The fourth-order valence-electron chi connectivity index (χ4n) is 1.50. The number of benzene rings is 1. The van der Waals surface area contributed by atoms with Gasteiger partial charge in [0.25, 0.3) is 5.91 Å². The summed E-state index contributed by atoms with van der Waals surface area (Å²) in [7, 11) is 0. The van der Waals surface area contributed by atoms with E-state index in [-0.39, 0.29) is 5.91 Å². The molecule has 1 amide bonds. The van der Waals surface area contributed by atoms with E-state index in [1.807, 2.05) is 0 Å². The van der Waals surface area contributed by atoms with E-state index in [2.05, 4.69) is 10.6 Å². The summed E-state index contributed by atoms with van der Waals surface area (Å²) in [6.07, 6.45) is 0. The van der Waals surface area contributed by atoms with Gasteiger partial charge in [0.15, 0.2) is 0 Å². The number of hydrogen-bond donors (Lipinski definition) is 2. The zero-order valence-electron chi connectivity index (χ0n) is 8.59. The lowest BCUT2D eigenvalue weighted by atomic mass is 10.0. The number of nitrogens with one attached hydrogen (secondary N) is 2. The first kappa shape index (κ1) is 11.7. The second-order valence-electron chi connectivity index (χ2n) is 3.86. The van der Waals surface area contributed by atoms with Crippen LogP contribution in [-0.4, -0.2) is 25.5 Å². The van der Waals surface area contributed by atoms with Gasteiger partial charge in [-0.15, -0.1) is 0 Å². The zero-order valence-corrected chi connectivity index (χ0v) is 10.1. The van der Waals surface area contributed by atoms with E-state index < -0.39 is 0 Å². The number of hydrogen-bond acceptors (Lipinski definition) is 2. The van der Waals surface area contributed by atoms with Gasteiger partial charge >= 0.3 is 0 Å². The summed E-state index contributed by atoms with van der Waals surface area (Å²) in [5.74, 6) is 0.392. The van der Waals surface area contributed by atoms with Crippen LogP contribution in [0.2, 0.25) is 10.0 Å². The number of rotatable bonds is 3. The van der Waals surface area contributed by atoms with Crippen LogP contribution in [0.4, 0.5) is 0 Å². The molecule has 0 bridgehead atoms. The van der Waals surface area contributed by atoms with Gasteiger partial charge in [-0.3, -0.25) is 4.79 Å². The highest BCUT2D eigenvalue weighted by Gasteiger charge is 2.18. The first-order valence-electron chi connectivity index (χ1n) is 5.11. The van der Waals surface area contributed by atoms with Crippen LogP contribution in [0.1, 0.15) is 10.4 Å². The van der Waals surface area contributed by atoms with Crippen molar-refractivity contribution in [1.29, 1.82) is 0 Å². The Bertz CT molecular complexity index is 405. The Kier molecular flexibility index (Phi) is 3.69. The van der Waals surface area contributed by atoms with Crippen LogP contribution in [0.5, 0.6) is 0 Å². The summed E-state index contributed by atoms with van der Waals surface area (Å²) < 4.78 is 0. The Morgan fingerprint density at radius 1 is 1.44 bits per heavy atom. The Balaban J connectivity index is 1.96. The number of carbonyl (C=O) groups is 1. The molecule has 0 aliphatic carbocycles. The molecule has 0 unspecified atom stereocenters. The van der Waals surface area contributed by atoms with Crippen molar-refractivity contribution in [2.45, 2.75) is 0 Å². The molecule has 1 aromatic rings. The van der Waals surface area contributed by atoms with E-state index in [4.69, 9.17) is 23.2 Å². The first-order valence-corrected chi connectivity index (χ1v) is 5.86. The van der Waals surface area contributed by atoms with Crippen LogP contribution in [0, 0.1) is 5.92 Å². The molecule has 0 radical (unpaired) electrons. The van der Waals surface area contributed by atoms with Crippen LogP contribution in [0.25, 0.3) is 0 Å². The minimum Gasteiger partial charge on any atom is -0.352 e. The molecule has 3 nitrogen and oxygen atoms in total. The van der Waals surface area contributed by atoms with Crippen molar-refractivity contribution >= 4 is 29.1 Å². The lowest BCUT2D eigenvalue weighted by molar-refractivity contribution is 0.0942. The lowest BCUT2D eigenvalue weighted by Crippen LogP contribution is -2.48. The average Bonchev–Trinajstić information content (AvgIpc) is 2.14. The summed E-state index contributed by atoms with van der Waals surface area (Å²) in [6.45, 7) is 2.62. The predicted molar refractivity (Wildman–Crippen MR) is 65.2 cm³/mol. The summed E-state index contributed by atoms with van der Waals surface area (Å²) in [5, 5.41) is 6.92. The topological polar surface area (TPSA) is 41.1 Å². The number of carbonyl (C=O) groups excluding carboxylic acids is 1. The number of halogens is 2. The third-order valence-corrected chi connectivity index (χ3v) is 3.14. The molecule has 1 aliphatic heterocycles. The third kappa shape index (κ3) is 2.67. The molecule has 0 atom stereocenters. The maximum Gasteiger partial charge on any atom is 0.252 e. The zero-order chi connectivity index (χ0) is 11.5. The average molecular weight is 259 g/mol. The van der Waals surface area contributed by atoms with Gasteiger partial charge in [-0.05, 0) is 18.2 Å². The molecule has 1 saturated heterocycles. The smallest absolute Gasteiger partial charge is 0.252 e. The number of amides is 1. The lowest BCUT2D eigenvalue weighted by Gasteiger charge is -2.27. The van der Waals surface area contributed by atoms with E-state index in [0.717, 1.165) is 13.1 Å². The SMILES string of the molecule is O=C(NCC1CNC1)c1ccc(Cl)cc1Cl. The van der Waals surface area contributed by atoms with E-state index in [9.17, 15) is 4.79 Å². The molecule has 0 saturated carbocycles. The van der Waals surface area contributed by atoms with E-state index in [0.29, 0.717) is 28.1 Å². The Morgan fingerprint density at radius 2 is 2.19 bits per heavy atom. The minimum absolute atomic E-state index is 0.145. The van der Waals surface area contributed by atoms with Gasteiger partial charge in [-0.1, -0.05) is 23.2 Å². The Hall–Kier alpha value is -0.770. The second-order valence-corrected chi connectivity index (χ2v) is 4.70. The van der Waals surface area contributed by atoms with Crippen LogP contribution >= 0.6 is 23.2 Å². The quantitative estimate of drug-likeness (QED) is 0.871. The van der Waals surface area contributed by atoms with Crippen molar-refractivity contribution in [3.05, 3.63) is 33.8 Å². The largest absolute Gasteiger partial charge is 0.352 e. The molecule has 0 aromatic heterocycles. The molecule has 5 heteroatoms. The molecule has 0 spiro atoms. The molecule has 1 aliphatic rings. The molecule has 1 fully saturated rings. The molecule has 2 rings (SSSR count). The summed E-state index contributed by atoms with van der Waals surface area (Å²) in [6, 6.07) is 4.87. The van der Waals surface area contributed by atoms with Crippen molar-refractivity contribution < 1.29 is 4.79 Å². The second kappa shape index (κ2) is 5.04. The van der Waals surface area contributed by atoms with Crippen LogP contribution < -0.4 is 10.6 Å². The summed E-state index contributed by atoms with van der Waals surface area (Å²) in [5.41, 5.74) is 0.471. The fourth-order valence-corrected chi connectivity index (χ4v) is 1.99. The highest BCUT2D eigenvalue weighted by atomic mass is 35.5. The Morgan fingerprint density at radius 3 is 2.75 bits per heavy atom. The third-order valence-electron chi connectivity index (χ3n) is 2.59. The van der Waals surface area contributed by atoms with Gasteiger partial charge in [-0.25, -0.2) is 0 Å². The van der Waals surface area contributed by atoms with Crippen molar-refractivity contribution in [3.8, 4) is 0 Å². The van der Waals surface area contributed by atoms with E-state index >= 15 is 0 Å². The van der Waals surface area contributed by atoms with Crippen molar-refractivity contribution in [1.82, 2.24) is 10.6 Å². The monoisotopic (exact) mass is 258 g/mol. The van der Waals surface area contributed by atoms with Gasteiger partial charge in [-0.2, -0.15) is 0 Å². The normalized spacial score (nSPS) is 15.6. The molecule has 2 N–H and O–H groups in total. The van der Waals surface area contributed by atoms with Gasteiger partial charge < -0.3 is 10.6 Å². The Labute approximate surface area is 104 Å². The van der Waals surface area contributed by atoms with Gasteiger partial charge in [0.05, 0.1) is 10.6 Å². The molecule has 16 heavy (non-hydrogen) atoms. The minimum atomic E-state index is -0.145. The molecule has 1 aromatic carbocycles. The van der Waals surface area contributed by atoms with Crippen LogP contribution in [0.15, 0.2) is 18.2 Å². The maximum absolute atomic E-state index is 11.8. The van der Waals surface area contributed by atoms with Gasteiger partial charge in [0.1, 0.15) is 0 Å². The standard InChI is InChI=1S/C11H12Cl2N2O/c12-8-1-2-9(10(13)3-8)11(16)15-6-7-4-14-5-7/h1-3,7,14H,4-6H2,(H,15,16). The van der Waals surface area contributed by atoms with Gasteiger partial charge in [0, 0.05) is 30.6 Å².